The monoisotopic (exact) mass is 490 g/mol. The van der Waals surface area contributed by atoms with Gasteiger partial charge in [-0.25, -0.2) is 9.78 Å². The van der Waals surface area contributed by atoms with Gasteiger partial charge in [0, 0.05) is 43.2 Å². The van der Waals surface area contributed by atoms with Gasteiger partial charge in [-0.2, -0.15) is 13.2 Å². The molecule has 3 aliphatic rings. The fourth-order valence-corrected chi connectivity index (χ4v) is 5.42. The van der Waals surface area contributed by atoms with Crippen LogP contribution in [0.25, 0.3) is 0 Å². The second-order valence-electron chi connectivity index (χ2n) is 8.65. The molecule has 4 rings (SSSR count). The van der Waals surface area contributed by atoms with Gasteiger partial charge in [-0.3, -0.25) is 14.5 Å². The number of alkyl halides is 3. The van der Waals surface area contributed by atoms with E-state index in [4.69, 9.17) is 9.90 Å². The third-order valence-corrected chi connectivity index (χ3v) is 7.29. The Morgan fingerprint density at radius 3 is 2.39 bits per heavy atom. The first kappa shape index (κ1) is 25.4. The average Bonchev–Trinajstić information content (AvgIpc) is 3.48. The standard InChI is InChI=1S/C19H28N4O2S.C2HF3O2/c24-17-4-6-19(23(17)15-18(25)22-10-1-2-11-22)5-3-9-21(12-7-19)14-16-20-8-13-26-16;3-2(4,5)1(6)7/h8,13H,1-7,9-12,14-15H2;(H,6,7). The number of halogens is 3. The van der Waals surface area contributed by atoms with Crippen molar-refractivity contribution < 1.29 is 32.7 Å². The van der Waals surface area contributed by atoms with Crippen molar-refractivity contribution in [3.8, 4) is 0 Å². The lowest BCUT2D eigenvalue weighted by molar-refractivity contribution is -0.192. The normalized spacial score (nSPS) is 24.0. The quantitative estimate of drug-likeness (QED) is 0.698. The lowest BCUT2D eigenvalue weighted by Gasteiger charge is -2.38. The molecule has 0 radical (unpaired) electrons. The molecule has 1 spiro atoms. The maximum atomic E-state index is 12.6. The van der Waals surface area contributed by atoms with E-state index in [1.165, 1.54) is 0 Å². The van der Waals surface area contributed by atoms with Gasteiger partial charge in [-0.1, -0.05) is 0 Å². The molecule has 1 unspecified atom stereocenters. The molecule has 0 saturated carbocycles. The fourth-order valence-electron chi connectivity index (χ4n) is 4.77. The SMILES string of the molecule is O=C(CN1C(=O)CCC12CCCN(Cc1nccs1)CC2)N1CCCC1.O=C(O)C(F)(F)F. The number of carboxylic acid groups (broad SMARTS) is 1. The molecule has 3 aliphatic heterocycles. The van der Waals surface area contributed by atoms with Crippen LogP contribution in [0.15, 0.2) is 11.6 Å². The summed E-state index contributed by atoms with van der Waals surface area (Å²) in [6.07, 6.45) is 3.53. The Labute approximate surface area is 194 Å². The molecule has 2 amide bonds. The Bertz CT molecular complexity index is 830. The number of aliphatic carboxylic acids is 1. The van der Waals surface area contributed by atoms with E-state index in [-0.39, 0.29) is 23.9 Å². The molecule has 8 nitrogen and oxygen atoms in total. The molecule has 0 aliphatic carbocycles. The number of hydrogen-bond acceptors (Lipinski definition) is 6. The molecule has 33 heavy (non-hydrogen) atoms. The first-order valence-corrected chi connectivity index (χ1v) is 12.0. The topological polar surface area (TPSA) is 94.1 Å². The van der Waals surface area contributed by atoms with Crippen molar-refractivity contribution in [2.24, 2.45) is 0 Å². The maximum Gasteiger partial charge on any atom is 0.490 e. The smallest absolute Gasteiger partial charge is 0.475 e. The second kappa shape index (κ2) is 10.8. The highest BCUT2D eigenvalue weighted by atomic mass is 32.1. The average molecular weight is 491 g/mol. The Morgan fingerprint density at radius 1 is 1.09 bits per heavy atom. The van der Waals surface area contributed by atoms with Gasteiger partial charge < -0.3 is 14.9 Å². The van der Waals surface area contributed by atoms with Crippen LogP contribution in [0.5, 0.6) is 0 Å². The van der Waals surface area contributed by atoms with Crippen molar-refractivity contribution in [3.05, 3.63) is 16.6 Å². The van der Waals surface area contributed by atoms with Gasteiger partial charge in [0.2, 0.25) is 11.8 Å². The van der Waals surface area contributed by atoms with Crippen molar-refractivity contribution in [3.63, 3.8) is 0 Å². The molecule has 3 fully saturated rings. The van der Waals surface area contributed by atoms with Crippen LogP contribution in [0.2, 0.25) is 0 Å². The molecule has 184 valence electrons. The van der Waals surface area contributed by atoms with Crippen LogP contribution in [0.4, 0.5) is 13.2 Å². The van der Waals surface area contributed by atoms with E-state index in [9.17, 15) is 22.8 Å². The van der Waals surface area contributed by atoms with E-state index < -0.39 is 12.1 Å². The Kier molecular flexibility index (Phi) is 8.33. The summed E-state index contributed by atoms with van der Waals surface area (Å²) in [5.74, 6) is -2.44. The summed E-state index contributed by atoms with van der Waals surface area (Å²) < 4.78 is 31.7. The highest BCUT2D eigenvalue weighted by molar-refractivity contribution is 7.09. The predicted octanol–water partition coefficient (Wildman–Crippen LogP) is 2.75. The van der Waals surface area contributed by atoms with Crippen LogP contribution in [0, 0.1) is 0 Å². The Hall–Kier alpha value is -2.21. The van der Waals surface area contributed by atoms with Crippen LogP contribution < -0.4 is 0 Å². The number of aromatic nitrogens is 1. The molecule has 1 atom stereocenters. The highest BCUT2D eigenvalue weighted by Crippen LogP contribution is 2.39. The fraction of sp³-hybridized carbons (Fsp3) is 0.714. The summed E-state index contributed by atoms with van der Waals surface area (Å²) in [5, 5.41) is 10.3. The van der Waals surface area contributed by atoms with Crippen LogP contribution in [-0.2, 0) is 20.9 Å². The molecule has 0 aromatic carbocycles. The number of nitrogens with zero attached hydrogens (tertiary/aromatic N) is 4. The van der Waals surface area contributed by atoms with Gasteiger partial charge in [0.1, 0.15) is 11.6 Å². The van der Waals surface area contributed by atoms with Crippen molar-refractivity contribution in [1.29, 1.82) is 0 Å². The number of carboxylic acids is 1. The maximum absolute atomic E-state index is 12.6. The predicted molar refractivity (Wildman–Crippen MR) is 114 cm³/mol. The molecule has 4 heterocycles. The van der Waals surface area contributed by atoms with Crippen molar-refractivity contribution >= 4 is 29.1 Å². The van der Waals surface area contributed by atoms with E-state index in [0.717, 1.165) is 76.3 Å². The molecular weight excluding hydrogens is 461 g/mol. The first-order valence-electron chi connectivity index (χ1n) is 11.1. The van der Waals surface area contributed by atoms with Crippen LogP contribution in [0.1, 0.15) is 50.0 Å². The van der Waals surface area contributed by atoms with Crippen LogP contribution in [0.3, 0.4) is 0 Å². The van der Waals surface area contributed by atoms with Gasteiger partial charge >= 0.3 is 12.1 Å². The van der Waals surface area contributed by atoms with Crippen LogP contribution >= 0.6 is 11.3 Å². The zero-order valence-electron chi connectivity index (χ0n) is 18.4. The third kappa shape index (κ3) is 6.66. The van der Waals surface area contributed by atoms with Gasteiger partial charge in [0.25, 0.3) is 0 Å². The first-order chi connectivity index (χ1) is 15.6. The van der Waals surface area contributed by atoms with Gasteiger partial charge in [-0.05, 0) is 45.1 Å². The third-order valence-electron chi connectivity index (χ3n) is 6.52. The Morgan fingerprint density at radius 2 is 1.79 bits per heavy atom. The summed E-state index contributed by atoms with van der Waals surface area (Å²) in [5.41, 5.74) is -0.107. The molecule has 0 bridgehead atoms. The Balaban J connectivity index is 0.000000383. The lowest BCUT2D eigenvalue weighted by Crippen LogP contribution is -2.51. The summed E-state index contributed by atoms with van der Waals surface area (Å²) in [6, 6.07) is 0. The number of likely N-dealkylation sites (tertiary alicyclic amines) is 3. The van der Waals surface area contributed by atoms with E-state index in [1.54, 1.807) is 11.3 Å². The number of thiazole rings is 1. The van der Waals surface area contributed by atoms with Crippen molar-refractivity contribution in [1.82, 2.24) is 19.7 Å². The molecule has 3 saturated heterocycles. The second-order valence-corrected chi connectivity index (χ2v) is 9.63. The number of carbonyl (C=O) groups is 3. The minimum Gasteiger partial charge on any atom is -0.475 e. The van der Waals surface area contributed by atoms with Crippen molar-refractivity contribution in [2.45, 2.75) is 63.2 Å². The molecular formula is C21H29F3N4O4S. The summed E-state index contributed by atoms with van der Waals surface area (Å²) in [7, 11) is 0. The zero-order chi connectivity index (χ0) is 24.1. The lowest BCUT2D eigenvalue weighted by atomic mass is 9.87. The number of amides is 2. The summed E-state index contributed by atoms with van der Waals surface area (Å²) in [4.78, 5) is 44.9. The molecule has 12 heteroatoms. The number of carbonyl (C=O) groups excluding carboxylic acids is 2. The minimum atomic E-state index is -5.08. The van der Waals surface area contributed by atoms with E-state index >= 15 is 0 Å². The molecule has 1 aromatic rings. The van der Waals surface area contributed by atoms with Gasteiger partial charge in [-0.15, -0.1) is 11.3 Å². The van der Waals surface area contributed by atoms with E-state index in [1.807, 2.05) is 21.4 Å². The van der Waals surface area contributed by atoms with E-state index in [2.05, 4.69) is 9.88 Å². The minimum absolute atomic E-state index is 0.107. The van der Waals surface area contributed by atoms with E-state index in [0.29, 0.717) is 6.42 Å². The zero-order valence-corrected chi connectivity index (χ0v) is 19.2. The van der Waals surface area contributed by atoms with Crippen molar-refractivity contribution in [2.75, 3.05) is 32.7 Å². The number of rotatable bonds is 4. The number of hydrogen-bond donors (Lipinski definition) is 1. The highest BCUT2D eigenvalue weighted by Gasteiger charge is 2.46. The largest absolute Gasteiger partial charge is 0.490 e. The van der Waals surface area contributed by atoms with Crippen LogP contribution in [-0.4, -0.2) is 87.0 Å². The molecule has 1 N–H and O–H groups in total. The van der Waals surface area contributed by atoms with Gasteiger partial charge in [0.05, 0.1) is 6.54 Å². The summed E-state index contributed by atoms with van der Waals surface area (Å²) >= 11 is 1.70. The summed E-state index contributed by atoms with van der Waals surface area (Å²) in [6.45, 7) is 4.91. The van der Waals surface area contributed by atoms with Gasteiger partial charge in [0.15, 0.2) is 0 Å². The molecule has 1 aromatic heterocycles.